The van der Waals surface area contributed by atoms with Crippen LogP contribution in [-0.2, 0) is 7.05 Å². The van der Waals surface area contributed by atoms with Crippen LogP contribution in [0.3, 0.4) is 0 Å². The summed E-state index contributed by atoms with van der Waals surface area (Å²) in [4.78, 5) is 20.8. The second-order valence-corrected chi connectivity index (χ2v) is 5.74. The Balaban J connectivity index is 1.66. The number of carbonyl (C=O) groups excluding carboxylic acids is 1. The van der Waals surface area contributed by atoms with Gasteiger partial charge in [0.05, 0.1) is 5.69 Å². The van der Waals surface area contributed by atoms with E-state index in [1.54, 1.807) is 28.2 Å². The molecule has 0 unspecified atom stereocenters. The van der Waals surface area contributed by atoms with Crippen molar-refractivity contribution in [3.05, 3.63) is 29.5 Å². The number of rotatable bonds is 2. The molecule has 1 amide bonds. The molecule has 0 aromatic carbocycles. The highest BCUT2D eigenvalue weighted by molar-refractivity contribution is 7.13. The van der Waals surface area contributed by atoms with E-state index in [0.717, 1.165) is 18.2 Å². The summed E-state index contributed by atoms with van der Waals surface area (Å²) in [6.45, 7) is 3.06. The molecular formula is C13H17N5OS. The first-order valence-electron chi connectivity index (χ1n) is 6.50. The second-order valence-electron chi connectivity index (χ2n) is 4.86. The van der Waals surface area contributed by atoms with Gasteiger partial charge in [-0.25, -0.2) is 4.98 Å². The molecule has 2 aromatic heterocycles. The molecule has 0 bridgehead atoms. The number of hydrogen-bond acceptors (Lipinski definition) is 5. The van der Waals surface area contributed by atoms with Gasteiger partial charge in [-0.05, 0) is 6.07 Å². The molecule has 0 saturated carbocycles. The minimum Gasteiger partial charge on any atom is -0.397 e. The van der Waals surface area contributed by atoms with E-state index in [2.05, 4.69) is 9.88 Å². The molecule has 1 saturated heterocycles. The zero-order valence-corrected chi connectivity index (χ0v) is 12.1. The van der Waals surface area contributed by atoms with Crippen LogP contribution in [0.2, 0.25) is 0 Å². The quantitative estimate of drug-likeness (QED) is 0.897. The van der Waals surface area contributed by atoms with Gasteiger partial charge >= 0.3 is 0 Å². The van der Waals surface area contributed by atoms with Crippen LogP contribution in [0, 0.1) is 0 Å². The van der Waals surface area contributed by atoms with E-state index < -0.39 is 0 Å². The number of anilines is 2. The third kappa shape index (κ3) is 2.36. The highest BCUT2D eigenvalue weighted by atomic mass is 32.1. The maximum atomic E-state index is 12.4. The number of hydrogen-bond donors (Lipinski definition) is 1. The zero-order chi connectivity index (χ0) is 14.1. The Morgan fingerprint density at radius 2 is 2.10 bits per heavy atom. The molecule has 3 heterocycles. The monoisotopic (exact) mass is 291 g/mol. The van der Waals surface area contributed by atoms with Gasteiger partial charge in [-0.15, -0.1) is 11.3 Å². The zero-order valence-electron chi connectivity index (χ0n) is 11.3. The number of aromatic nitrogens is 2. The Bertz CT molecular complexity index is 598. The molecule has 0 aliphatic carbocycles. The van der Waals surface area contributed by atoms with Crippen molar-refractivity contribution in [2.75, 3.05) is 36.8 Å². The van der Waals surface area contributed by atoms with E-state index in [-0.39, 0.29) is 5.91 Å². The molecule has 106 valence electrons. The Kier molecular flexibility index (Phi) is 3.35. The van der Waals surface area contributed by atoms with Gasteiger partial charge in [0.1, 0.15) is 5.69 Å². The van der Waals surface area contributed by atoms with Crippen LogP contribution in [-0.4, -0.2) is 46.5 Å². The molecule has 3 rings (SSSR count). The average Bonchev–Trinajstić information content (AvgIpc) is 3.08. The molecular weight excluding hydrogens is 274 g/mol. The number of amides is 1. The summed E-state index contributed by atoms with van der Waals surface area (Å²) in [5.41, 5.74) is 6.99. The predicted molar refractivity (Wildman–Crippen MR) is 80.1 cm³/mol. The number of nitrogens with zero attached hydrogens (tertiary/aromatic N) is 4. The van der Waals surface area contributed by atoms with Gasteiger partial charge in [0.15, 0.2) is 5.13 Å². The molecule has 20 heavy (non-hydrogen) atoms. The fourth-order valence-electron chi connectivity index (χ4n) is 2.44. The van der Waals surface area contributed by atoms with E-state index in [9.17, 15) is 4.79 Å². The first-order chi connectivity index (χ1) is 9.65. The number of nitrogens with two attached hydrogens (primary N) is 1. The van der Waals surface area contributed by atoms with Crippen LogP contribution in [0.15, 0.2) is 23.8 Å². The summed E-state index contributed by atoms with van der Waals surface area (Å²) < 4.78 is 1.78. The molecule has 6 nitrogen and oxygen atoms in total. The molecule has 1 aliphatic heterocycles. The first kappa shape index (κ1) is 13.0. The van der Waals surface area contributed by atoms with Crippen molar-refractivity contribution < 1.29 is 4.79 Å². The standard InChI is InChI=1S/C13H17N5OS/c1-16-9-10(14)8-11(16)12(19)17-3-5-18(6-4-17)13-15-2-7-20-13/h2,7-9H,3-6,14H2,1H3. The largest absolute Gasteiger partial charge is 0.397 e. The number of aryl methyl sites for hydroxylation is 1. The van der Waals surface area contributed by atoms with Crippen molar-refractivity contribution in [3.8, 4) is 0 Å². The van der Waals surface area contributed by atoms with E-state index in [0.29, 0.717) is 24.5 Å². The Morgan fingerprint density at radius 1 is 1.35 bits per heavy atom. The van der Waals surface area contributed by atoms with Crippen LogP contribution < -0.4 is 10.6 Å². The smallest absolute Gasteiger partial charge is 0.270 e. The van der Waals surface area contributed by atoms with Crippen molar-refractivity contribution in [3.63, 3.8) is 0 Å². The van der Waals surface area contributed by atoms with Gasteiger partial charge in [0.2, 0.25) is 0 Å². The van der Waals surface area contributed by atoms with Crippen molar-refractivity contribution in [1.29, 1.82) is 0 Å². The van der Waals surface area contributed by atoms with Crippen LogP contribution in [0.4, 0.5) is 10.8 Å². The van der Waals surface area contributed by atoms with Crippen molar-refractivity contribution in [1.82, 2.24) is 14.5 Å². The van der Waals surface area contributed by atoms with Gasteiger partial charge in [-0.1, -0.05) is 0 Å². The lowest BCUT2D eigenvalue weighted by molar-refractivity contribution is 0.0737. The van der Waals surface area contributed by atoms with Crippen molar-refractivity contribution in [2.45, 2.75) is 0 Å². The van der Waals surface area contributed by atoms with Crippen LogP contribution in [0.5, 0.6) is 0 Å². The summed E-state index contributed by atoms with van der Waals surface area (Å²) in [5.74, 6) is 0.0444. The predicted octanol–water partition coefficient (Wildman–Crippen LogP) is 1.03. The molecule has 0 atom stereocenters. The Morgan fingerprint density at radius 3 is 2.65 bits per heavy atom. The highest BCUT2D eigenvalue weighted by Gasteiger charge is 2.24. The summed E-state index contributed by atoms with van der Waals surface area (Å²) >= 11 is 1.63. The van der Waals surface area contributed by atoms with Gasteiger partial charge in [-0.3, -0.25) is 4.79 Å². The fourth-order valence-corrected chi connectivity index (χ4v) is 3.13. The third-order valence-electron chi connectivity index (χ3n) is 3.50. The Hall–Kier alpha value is -2.02. The Labute approximate surface area is 121 Å². The SMILES string of the molecule is Cn1cc(N)cc1C(=O)N1CCN(c2nccs2)CC1. The third-order valence-corrected chi connectivity index (χ3v) is 4.33. The van der Waals surface area contributed by atoms with Gasteiger partial charge in [0.25, 0.3) is 5.91 Å². The molecule has 2 aromatic rings. The van der Waals surface area contributed by atoms with E-state index >= 15 is 0 Å². The maximum absolute atomic E-state index is 12.4. The van der Waals surface area contributed by atoms with Crippen LogP contribution in [0.1, 0.15) is 10.5 Å². The lowest BCUT2D eigenvalue weighted by Crippen LogP contribution is -2.49. The fraction of sp³-hybridized carbons (Fsp3) is 0.385. The van der Waals surface area contributed by atoms with Crippen LogP contribution in [0.25, 0.3) is 0 Å². The van der Waals surface area contributed by atoms with Crippen molar-refractivity contribution >= 4 is 28.1 Å². The highest BCUT2D eigenvalue weighted by Crippen LogP contribution is 2.20. The number of nitrogen functional groups attached to an aromatic ring is 1. The lowest BCUT2D eigenvalue weighted by atomic mass is 10.3. The molecule has 7 heteroatoms. The summed E-state index contributed by atoms with van der Waals surface area (Å²) in [6.07, 6.45) is 3.57. The topological polar surface area (TPSA) is 67.4 Å². The van der Waals surface area contributed by atoms with Gasteiger partial charge in [-0.2, -0.15) is 0 Å². The number of thiazole rings is 1. The molecule has 0 spiro atoms. The molecule has 1 aliphatic rings. The lowest BCUT2D eigenvalue weighted by Gasteiger charge is -2.34. The van der Waals surface area contributed by atoms with E-state index in [1.807, 2.05) is 23.5 Å². The minimum absolute atomic E-state index is 0.0444. The van der Waals surface area contributed by atoms with E-state index in [4.69, 9.17) is 5.73 Å². The number of carbonyl (C=O) groups is 1. The van der Waals surface area contributed by atoms with E-state index in [1.165, 1.54) is 0 Å². The number of piperazine rings is 1. The molecule has 2 N–H and O–H groups in total. The van der Waals surface area contributed by atoms with Crippen molar-refractivity contribution in [2.24, 2.45) is 7.05 Å². The summed E-state index contributed by atoms with van der Waals surface area (Å²) in [5, 5.41) is 3.00. The average molecular weight is 291 g/mol. The maximum Gasteiger partial charge on any atom is 0.270 e. The first-order valence-corrected chi connectivity index (χ1v) is 7.38. The normalized spacial score (nSPS) is 15.7. The van der Waals surface area contributed by atoms with Crippen LogP contribution >= 0.6 is 11.3 Å². The minimum atomic E-state index is 0.0444. The van der Waals surface area contributed by atoms with Gasteiger partial charge in [0, 0.05) is 51.0 Å². The molecule has 0 radical (unpaired) electrons. The second kappa shape index (κ2) is 5.16. The van der Waals surface area contributed by atoms with Gasteiger partial charge < -0.3 is 20.1 Å². The molecule has 1 fully saturated rings. The summed E-state index contributed by atoms with van der Waals surface area (Å²) in [6, 6.07) is 1.73. The summed E-state index contributed by atoms with van der Waals surface area (Å²) in [7, 11) is 1.84.